The van der Waals surface area contributed by atoms with Crippen LogP contribution in [0.2, 0.25) is 0 Å². The summed E-state index contributed by atoms with van der Waals surface area (Å²) in [5.41, 5.74) is 5.28. The van der Waals surface area contributed by atoms with E-state index >= 15 is 0 Å². The molecule has 0 bridgehead atoms. The third-order valence-corrected chi connectivity index (χ3v) is 7.35. The molecule has 0 aromatic heterocycles. The number of benzene rings is 2. The average molecular weight is 523 g/mol. The zero-order chi connectivity index (χ0) is 27.5. The Hall–Kier alpha value is -3.43. The van der Waals surface area contributed by atoms with Crippen molar-refractivity contribution in [3.63, 3.8) is 0 Å². The summed E-state index contributed by atoms with van der Waals surface area (Å²) in [6, 6.07) is 13.5. The van der Waals surface area contributed by atoms with E-state index in [9.17, 15) is 14.4 Å². The van der Waals surface area contributed by atoms with Crippen LogP contribution in [0.15, 0.2) is 42.5 Å². The van der Waals surface area contributed by atoms with Gasteiger partial charge in [0, 0.05) is 44.0 Å². The zero-order valence-corrected chi connectivity index (χ0v) is 22.7. The van der Waals surface area contributed by atoms with Gasteiger partial charge >= 0.3 is 6.09 Å². The Bertz CT molecular complexity index is 1180. The molecule has 0 atom stereocenters. The minimum atomic E-state index is -0.546. The lowest BCUT2D eigenvalue weighted by molar-refractivity contribution is -0.127. The Balaban J connectivity index is 1.28. The molecule has 1 fully saturated rings. The molecule has 2 heterocycles. The van der Waals surface area contributed by atoms with Crippen molar-refractivity contribution in [2.45, 2.75) is 65.6 Å². The number of carbonyl (C=O) groups is 3. The molecule has 0 unspecified atom stereocenters. The topological polar surface area (TPSA) is 111 Å². The fraction of sp³-hybridized carbons (Fsp3) is 0.483. The van der Waals surface area contributed by atoms with Crippen LogP contribution < -0.4 is 10.8 Å². The molecule has 2 aliphatic rings. The lowest BCUT2D eigenvalue weighted by Gasteiger charge is -2.38. The lowest BCUT2D eigenvalue weighted by atomic mass is 9.79. The number of rotatable bonds is 5. The summed E-state index contributed by atoms with van der Waals surface area (Å²) in [4.78, 5) is 41.1. The Morgan fingerprint density at radius 1 is 1.00 bits per heavy atom. The molecule has 0 saturated carbocycles. The van der Waals surface area contributed by atoms with Gasteiger partial charge in [0.1, 0.15) is 5.60 Å². The van der Waals surface area contributed by atoms with Crippen molar-refractivity contribution < 1.29 is 24.3 Å². The maximum atomic E-state index is 13.1. The van der Waals surface area contributed by atoms with Gasteiger partial charge in [-0.25, -0.2) is 10.3 Å². The van der Waals surface area contributed by atoms with Crippen molar-refractivity contribution in [2.75, 3.05) is 25.0 Å². The first-order valence-corrected chi connectivity index (χ1v) is 13.1. The first-order valence-electron chi connectivity index (χ1n) is 13.1. The molecule has 2 aromatic rings. The second kappa shape index (κ2) is 11.1. The van der Waals surface area contributed by atoms with Crippen LogP contribution in [0.25, 0.3) is 0 Å². The smallest absolute Gasteiger partial charge is 0.410 e. The Labute approximate surface area is 224 Å². The highest BCUT2D eigenvalue weighted by atomic mass is 16.6. The number of hydrogen-bond donors (Lipinski definition) is 3. The second-order valence-electron chi connectivity index (χ2n) is 11.6. The van der Waals surface area contributed by atoms with E-state index in [0.29, 0.717) is 31.5 Å². The highest BCUT2D eigenvalue weighted by molar-refractivity contribution is 5.95. The van der Waals surface area contributed by atoms with Crippen molar-refractivity contribution >= 4 is 23.6 Å². The fourth-order valence-electron chi connectivity index (χ4n) is 4.92. The van der Waals surface area contributed by atoms with Gasteiger partial charge in [-0.05, 0) is 81.0 Å². The van der Waals surface area contributed by atoms with E-state index in [0.717, 1.165) is 42.9 Å². The summed E-state index contributed by atoms with van der Waals surface area (Å²) in [5.74, 6) is -0.529. The molecule has 3 amide bonds. The van der Waals surface area contributed by atoms with Gasteiger partial charge < -0.3 is 15.0 Å². The molecule has 3 N–H and O–H groups in total. The van der Waals surface area contributed by atoms with E-state index in [1.165, 1.54) is 5.56 Å². The van der Waals surface area contributed by atoms with Crippen molar-refractivity contribution in [1.29, 1.82) is 0 Å². The van der Waals surface area contributed by atoms with Crippen LogP contribution in [0.3, 0.4) is 0 Å². The highest BCUT2D eigenvalue weighted by Gasteiger charge is 2.39. The predicted molar refractivity (Wildman–Crippen MR) is 144 cm³/mol. The summed E-state index contributed by atoms with van der Waals surface area (Å²) >= 11 is 0. The predicted octanol–water partition coefficient (Wildman–Crippen LogP) is 4.34. The Morgan fingerprint density at radius 2 is 1.68 bits per heavy atom. The van der Waals surface area contributed by atoms with Gasteiger partial charge in [0.25, 0.3) is 5.91 Å². The maximum Gasteiger partial charge on any atom is 0.410 e. The minimum Gasteiger partial charge on any atom is -0.444 e. The number of ether oxygens (including phenoxy) is 1. The second-order valence-corrected chi connectivity index (χ2v) is 11.6. The molecule has 2 aliphatic heterocycles. The van der Waals surface area contributed by atoms with Crippen LogP contribution in [0.5, 0.6) is 0 Å². The molecule has 38 heavy (non-hydrogen) atoms. The van der Waals surface area contributed by atoms with Crippen LogP contribution in [0.1, 0.15) is 67.6 Å². The van der Waals surface area contributed by atoms with Crippen molar-refractivity contribution in [2.24, 2.45) is 5.41 Å². The molecule has 0 radical (unpaired) electrons. The van der Waals surface area contributed by atoms with Gasteiger partial charge in [-0.1, -0.05) is 25.1 Å². The molecule has 1 saturated heterocycles. The van der Waals surface area contributed by atoms with E-state index in [2.05, 4.69) is 10.2 Å². The molecule has 0 spiro atoms. The zero-order valence-electron chi connectivity index (χ0n) is 22.7. The molecule has 204 valence electrons. The van der Waals surface area contributed by atoms with Crippen LogP contribution in [0, 0.1) is 5.41 Å². The average Bonchev–Trinajstić information content (AvgIpc) is 2.88. The summed E-state index contributed by atoms with van der Waals surface area (Å²) in [5, 5.41) is 11.9. The Morgan fingerprint density at radius 3 is 2.32 bits per heavy atom. The molecule has 0 aliphatic carbocycles. The summed E-state index contributed by atoms with van der Waals surface area (Å²) in [6.07, 6.45) is 1.67. The van der Waals surface area contributed by atoms with Gasteiger partial charge in [0.2, 0.25) is 5.91 Å². The number of amides is 3. The minimum absolute atomic E-state index is 0.0315. The van der Waals surface area contributed by atoms with Crippen molar-refractivity contribution in [3.8, 4) is 0 Å². The quantitative estimate of drug-likeness (QED) is 0.398. The van der Waals surface area contributed by atoms with Crippen LogP contribution in [0.4, 0.5) is 10.5 Å². The number of fused-ring (bicyclic) bond motifs is 1. The van der Waals surface area contributed by atoms with Crippen LogP contribution in [-0.4, -0.2) is 58.1 Å². The fourth-order valence-corrected chi connectivity index (χ4v) is 4.92. The maximum absolute atomic E-state index is 13.1. The van der Waals surface area contributed by atoms with Gasteiger partial charge in [-0.2, -0.15) is 0 Å². The number of anilines is 1. The summed E-state index contributed by atoms with van der Waals surface area (Å²) in [7, 11) is 0. The lowest BCUT2D eigenvalue weighted by Crippen LogP contribution is -2.48. The summed E-state index contributed by atoms with van der Waals surface area (Å²) in [6.45, 7) is 10.9. The number of hydrogen-bond acceptors (Lipinski definition) is 6. The number of piperidine rings is 1. The van der Waals surface area contributed by atoms with E-state index in [4.69, 9.17) is 9.94 Å². The Kier molecular flexibility index (Phi) is 8.08. The molecule has 9 nitrogen and oxygen atoms in total. The molecular weight excluding hydrogens is 484 g/mol. The number of nitrogens with one attached hydrogen (secondary N) is 2. The molecule has 4 rings (SSSR count). The summed E-state index contributed by atoms with van der Waals surface area (Å²) < 4.78 is 5.46. The van der Waals surface area contributed by atoms with Crippen LogP contribution >= 0.6 is 0 Å². The van der Waals surface area contributed by atoms with Crippen molar-refractivity contribution in [1.82, 2.24) is 15.3 Å². The van der Waals surface area contributed by atoms with Gasteiger partial charge in [-0.3, -0.25) is 19.7 Å². The van der Waals surface area contributed by atoms with Gasteiger partial charge in [-0.15, -0.1) is 0 Å². The van der Waals surface area contributed by atoms with Crippen molar-refractivity contribution in [3.05, 3.63) is 64.7 Å². The first-order chi connectivity index (χ1) is 18.0. The normalized spacial score (nSPS) is 17.3. The number of carbonyl (C=O) groups excluding carboxylic acids is 3. The van der Waals surface area contributed by atoms with E-state index in [-0.39, 0.29) is 12.0 Å². The first kappa shape index (κ1) is 27.6. The largest absolute Gasteiger partial charge is 0.444 e. The SMILES string of the molecule is CC(C)(C)OC(=O)N1CCC(C)(C(=O)Nc2ccc(CN3CCc4cc(C(=O)NO)ccc4C3)cc2)CC1. The highest BCUT2D eigenvalue weighted by Crippen LogP contribution is 2.33. The van der Waals surface area contributed by atoms with Crippen LogP contribution in [-0.2, 0) is 29.0 Å². The third-order valence-electron chi connectivity index (χ3n) is 7.35. The molecule has 2 aromatic carbocycles. The van der Waals surface area contributed by atoms with E-state index < -0.39 is 16.9 Å². The van der Waals surface area contributed by atoms with E-state index in [1.807, 2.05) is 64.1 Å². The number of hydroxylamine groups is 1. The van der Waals surface area contributed by atoms with Gasteiger partial charge in [0.05, 0.1) is 5.41 Å². The molecular formula is C29H38N4O5. The third kappa shape index (κ3) is 6.71. The monoisotopic (exact) mass is 522 g/mol. The van der Waals surface area contributed by atoms with Gasteiger partial charge in [0.15, 0.2) is 0 Å². The number of nitrogens with zero attached hydrogens (tertiary/aromatic N) is 2. The molecule has 9 heteroatoms. The number of likely N-dealkylation sites (tertiary alicyclic amines) is 1. The standard InChI is InChI=1S/C29H38N4O5/c1-28(2,3)38-27(36)33-15-12-29(4,13-16-33)26(35)30-24-9-5-20(6-10-24)18-32-14-11-21-17-22(25(34)31-37)7-8-23(21)19-32/h5-10,17,37H,11-16,18-19H2,1-4H3,(H,30,35)(H,31,34). The van der Waals surface area contributed by atoms with E-state index in [1.54, 1.807) is 16.4 Å².